The third kappa shape index (κ3) is 5.78. The molecule has 5 fully saturated rings. The second-order valence-corrected chi connectivity index (χ2v) is 22.5. The van der Waals surface area contributed by atoms with E-state index in [4.69, 9.17) is 14.5 Å². The first-order valence-corrected chi connectivity index (χ1v) is 23.3. The van der Waals surface area contributed by atoms with Crippen molar-refractivity contribution in [2.75, 3.05) is 19.8 Å². The topological polar surface area (TPSA) is 112 Å². The van der Waals surface area contributed by atoms with Crippen LogP contribution in [-0.4, -0.2) is 81.6 Å². The van der Waals surface area contributed by atoms with E-state index in [0.29, 0.717) is 43.9 Å². The SMILES string of the molecule is Cc1cc(CC2=CN(CC3C4=C(C(C)CC(O)C5OC5(C)C)C(=O)CC45CC=CC3(O)C3C4(C)CCC(=O)C(C)(C)C4CCC35C)C3C=CN=C23)cc(C2CCOCC2)c1. The number of epoxide rings is 1. The molecule has 60 heavy (non-hydrogen) atoms. The summed E-state index contributed by atoms with van der Waals surface area (Å²) in [5, 5.41) is 25.6. The number of hydrogen-bond acceptors (Lipinski definition) is 8. The first kappa shape index (κ1) is 40.9. The fraction of sp³-hybridized carbons (Fsp3) is 0.673. The van der Waals surface area contributed by atoms with E-state index < -0.39 is 22.5 Å². The Morgan fingerprint density at radius 3 is 2.50 bits per heavy atom. The molecule has 11 unspecified atom stereocenters. The highest BCUT2D eigenvalue weighted by atomic mass is 16.6. The fourth-order valence-electron chi connectivity index (χ4n) is 15.7. The van der Waals surface area contributed by atoms with Gasteiger partial charge < -0.3 is 24.6 Å². The van der Waals surface area contributed by atoms with Crippen LogP contribution in [0.4, 0.5) is 0 Å². The molecule has 3 saturated carbocycles. The number of allylic oxidation sites excluding steroid dienone is 2. The maximum Gasteiger partial charge on any atom is 0.160 e. The van der Waals surface area contributed by atoms with Gasteiger partial charge in [0.25, 0.3) is 0 Å². The minimum atomic E-state index is -1.27. The van der Waals surface area contributed by atoms with Gasteiger partial charge in [-0.15, -0.1) is 0 Å². The number of carbonyl (C=O) groups is 2. The minimum Gasteiger partial charge on any atom is -0.390 e. The van der Waals surface area contributed by atoms with Crippen LogP contribution in [0.1, 0.15) is 129 Å². The second-order valence-electron chi connectivity index (χ2n) is 22.5. The first-order valence-electron chi connectivity index (χ1n) is 23.3. The number of aliphatic hydroxyl groups is 2. The lowest BCUT2D eigenvalue weighted by Gasteiger charge is -2.72. The van der Waals surface area contributed by atoms with Gasteiger partial charge in [0.1, 0.15) is 11.9 Å². The van der Waals surface area contributed by atoms with Gasteiger partial charge in [0, 0.05) is 74.1 Å². The van der Waals surface area contributed by atoms with Crippen LogP contribution in [0.5, 0.6) is 0 Å². The molecule has 0 aromatic heterocycles. The highest BCUT2D eigenvalue weighted by molar-refractivity contribution is 6.09. The van der Waals surface area contributed by atoms with Crippen molar-refractivity contribution in [2.45, 2.75) is 155 Å². The fourth-order valence-corrected chi connectivity index (χ4v) is 15.7. The van der Waals surface area contributed by atoms with Gasteiger partial charge in [0.2, 0.25) is 0 Å². The lowest BCUT2D eigenvalue weighted by Crippen LogP contribution is -2.72. The molecule has 2 N–H and O–H groups in total. The van der Waals surface area contributed by atoms with E-state index in [9.17, 15) is 15.0 Å². The summed E-state index contributed by atoms with van der Waals surface area (Å²) in [6, 6.07) is 7.01. The van der Waals surface area contributed by atoms with Crippen molar-refractivity contribution >= 4 is 17.3 Å². The Hall–Kier alpha value is -3.17. The molecule has 4 heterocycles. The lowest BCUT2D eigenvalue weighted by atomic mass is 9.32. The van der Waals surface area contributed by atoms with Crippen LogP contribution < -0.4 is 0 Å². The first-order chi connectivity index (χ1) is 28.3. The van der Waals surface area contributed by atoms with Crippen LogP contribution in [0, 0.1) is 52.3 Å². The molecule has 8 heteroatoms. The Labute approximate surface area is 357 Å². The number of nitrogens with zero attached hydrogens (tertiary/aromatic N) is 2. The van der Waals surface area contributed by atoms with Crippen molar-refractivity contribution in [3.8, 4) is 0 Å². The predicted octanol–water partition coefficient (Wildman–Crippen LogP) is 8.54. The van der Waals surface area contributed by atoms with Gasteiger partial charge in [-0.3, -0.25) is 14.6 Å². The molecule has 11 rings (SSSR count). The summed E-state index contributed by atoms with van der Waals surface area (Å²) in [6.45, 7) is 19.6. The van der Waals surface area contributed by atoms with Crippen molar-refractivity contribution in [3.63, 3.8) is 0 Å². The normalized spacial score (nSPS) is 40.8. The van der Waals surface area contributed by atoms with Crippen LogP contribution in [0.25, 0.3) is 0 Å². The molecule has 2 saturated heterocycles. The van der Waals surface area contributed by atoms with Gasteiger partial charge in [-0.25, -0.2) is 0 Å². The number of hydrogen-bond donors (Lipinski definition) is 2. The van der Waals surface area contributed by atoms with E-state index >= 15 is 4.79 Å². The van der Waals surface area contributed by atoms with Crippen molar-refractivity contribution in [1.29, 1.82) is 0 Å². The molecule has 322 valence electrons. The number of aliphatic hydroxyl groups excluding tert-OH is 1. The molecule has 11 atom stereocenters. The monoisotopic (exact) mass is 817 g/mol. The molecular formula is C52H68N2O6. The Morgan fingerprint density at radius 2 is 1.77 bits per heavy atom. The summed E-state index contributed by atoms with van der Waals surface area (Å²) < 4.78 is 11.6. The second kappa shape index (κ2) is 13.7. The third-order valence-electron chi connectivity index (χ3n) is 18.3. The Morgan fingerprint density at radius 1 is 1.02 bits per heavy atom. The molecule has 4 aliphatic heterocycles. The Kier molecular flexibility index (Phi) is 9.31. The van der Waals surface area contributed by atoms with E-state index in [1.54, 1.807) is 0 Å². The van der Waals surface area contributed by atoms with Gasteiger partial charge in [-0.05, 0) is 128 Å². The van der Waals surface area contributed by atoms with Crippen molar-refractivity contribution in [2.24, 2.45) is 50.3 Å². The van der Waals surface area contributed by atoms with Crippen LogP contribution in [-0.2, 0) is 25.5 Å². The van der Waals surface area contributed by atoms with Crippen molar-refractivity contribution in [3.05, 3.63) is 82.2 Å². The van der Waals surface area contributed by atoms with Gasteiger partial charge >= 0.3 is 0 Å². The maximum absolute atomic E-state index is 15.0. The number of benzene rings is 1. The van der Waals surface area contributed by atoms with E-state index in [1.165, 1.54) is 22.3 Å². The molecule has 0 radical (unpaired) electrons. The zero-order valence-corrected chi connectivity index (χ0v) is 37.4. The van der Waals surface area contributed by atoms with Gasteiger partial charge in [0.05, 0.1) is 29.1 Å². The highest BCUT2D eigenvalue weighted by Crippen LogP contribution is 2.79. The summed E-state index contributed by atoms with van der Waals surface area (Å²) in [6.07, 6.45) is 17.4. The summed E-state index contributed by atoms with van der Waals surface area (Å²) in [7, 11) is 0. The number of fused-ring (bicyclic) bond motifs is 3. The average Bonchev–Trinajstić information content (AvgIpc) is 3.44. The van der Waals surface area contributed by atoms with E-state index in [1.807, 2.05) is 20.0 Å². The number of aliphatic imine (C=N–C) groups is 1. The quantitative estimate of drug-likeness (QED) is 0.190. The molecule has 1 aromatic rings. The van der Waals surface area contributed by atoms with Gasteiger partial charge in [-0.1, -0.05) is 70.5 Å². The predicted molar refractivity (Wildman–Crippen MR) is 233 cm³/mol. The van der Waals surface area contributed by atoms with Crippen molar-refractivity contribution in [1.82, 2.24) is 4.90 Å². The molecule has 1 aromatic carbocycles. The number of Topliss-reactive ketones (excluding diaryl/α,β-unsaturated/α-hetero) is 2. The molecule has 1 spiro atoms. The van der Waals surface area contributed by atoms with Gasteiger partial charge in [0.15, 0.2) is 5.78 Å². The summed E-state index contributed by atoms with van der Waals surface area (Å²) >= 11 is 0. The molecular weight excluding hydrogens is 749 g/mol. The van der Waals surface area contributed by atoms with E-state index in [2.05, 4.69) is 89.1 Å². The largest absolute Gasteiger partial charge is 0.390 e. The number of aryl methyl sites for hydroxylation is 1. The summed E-state index contributed by atoms with van der Waals surface area (Å²) in [5.41, 5.74) is 4.93. The Balaban J connectivity index is 1.08. The Bertz CT molecular complexity index is 2170. The van der Waals surface area contributed by atoms with Gasteiger partial charge in [-0.2, -0.15) is 0 Å². The molecule has 2 bridgehead atoms. The number of ketones is 2. The maximum atomic E-state index is 15.0. The molecule has 8 nitrogen and oxygen atoms in total. The van der Waals surface area contributed by atoms with E-state index in [0.717, 1.165) is 68.6 Å². The number of rotatable bonds is 9. The molecule has 0 amide bonds. The lowest BCUT2D eigenvalue weighted by molar-refractivity contribution is -0.243. The standard InChI is InChI=1S/C52H68N2O6/c1-30-22-32(25-34(23-30)33-13-20-59-21-14-33)26-35-28-54(37-12-19-53-44(35)37)29-36-43-42(31(2)24-38(55)45-48(5,6)60-45)39(56)27-51(43)15-9-16-52(36,58)46-49(7)17-11-41(57)47(3,4)40(49)10-18-50(46,51)8/h9,12,16,19,22-23,25,28,31,33,36-38,40,45-46,55,58H,10-11,13-15,17-18,20-21,24,26-27,29H2,1-8H3. The van der Waals surface area contributed by atoms with Crippen LogP contribution in [0.15, 0.2) is 70.5 Å². The zero-order valence-electron chi connectivity index (χ0n) is 37.4. The van der Waals surface area contributed by atoms with Crippen LogP contribution >= 0.6 is 0 Å². The van der Waals surface area contributed by atoms with Crippen LogP contribution in [0.2, 0.25) is 0 Å². The minimum absolute atomic E-state index is 0.0490. The third-order valence-corrected chi connectivity index (χ3v) is 18.3. The van der Waals surface area contributed by atoms with Crippen LogP contribution in [0.3, 0.4) is 0 Å². The summed E-state index contributed by atoms with van der Waals surface area (Å²) in [4.78, 5) is 36.1. The zero-order chi connectivity index (χ0) is 42.4. The molecule has 10 aliphatic rings. The summed E-state index contributed by atoms with van der Waals surface area (Å²) in [5.74, 6) is 0.433. The molecule has 6 aliphatic carbocycles. The van der Waals surface area contributed by atoms with E-state index in [-0.39, 0.29) is 58.0 Å². The number of ether oxygens (including phenoxy) is 2. The highest BCUT2D eigenvalue weighted by Gasteiger charge is 2.77. The average molecular weight is 817 g/mol. The smallest absolute Gasteiger partial charge is 0.160 e. The van der Waals surface area contributed by atoms with Crippen molar-refractivity contribution < 1.29 is 29.3 Å². The number of carbonyl (C=O) groups excluding carboxylic acids is 2.